The zero-order valence-electron chi connectivity index (χ0n) is 14.2. The van der Waals surface area contributed by atoms with Crippen molar-refractivity contribution in [3.8, 4) is 18.1 Å². The highest BCUT2D eigenvalue weighted by Crippen LogP contribution is 2.14. The Morgan fingerprint density at radius 2 is 2.12 bits per heavy atom. The lowest BCUT2D eigenvalue weighted by atomic mass is 10.2. The van der Waals surface area contributed by atoms with E-state index in [4.69, 9.17) is 16.9 Å². The Balaban J connectivity index is 1.80. The Labute approximate surface area is 148 Å². The third kappa shape index (κ3) is 6.19. The Bertz CT molecular complexity index is 738. The molecule has 1 amide bonds. The van der Waals surface area contributed by atoms with Crippen LogP contribution in [-0.2, 0) is 6.54 Å². The first-order valence-electron chi connectivity index (χ1n) is 8.34. The average Bonchev–Trinajstić information content (AvgIpc) is 2.63. The molecule has 0 fully saturated rings. The smallest absolute Gasteiger partial charge is 0.255 e. The lowest BCUT2D eigenvalue weighted by molar-refractivity contribution is 0.0951. The fraction of sp³-hybridized carbons (Fsp3) is 0.300. The highest BCUT2D eigenvalue weighted by molar-refractivity contribution is 5.98. The maximum atomic E-state index is 12.1. The maximum absolute atomic E-state index is 12.1. The molecule has 0 radical (unpaired) electrons. The van der Waals surface area contributed by atoms with Crippen molar-refractivity contribution in [3.05, 3.63) is 53.7 Å². The number of terminal acetylenes is 1. The van der Waals surface area contributed by atoms with Crippen LogP contribution in [0, 0.1) is 12.3 Å². The van der Waals surface area contributed by atoms with Gasteiger partial charge in [0.1, 0.15) is 11.6 Å². The molecule has 0 atom stereocenters. The van der Waals surface area contributed by atoms with E-state index in [0.29, 0.717) is 18.7 Å². The molecule has 3 N–H and O–H groups in total. The van der Waals surface area contributed by atoms with Gasteiger partial charge in [-0.15, -0.1) is 12.3 Å². The standard InChI is InChI=1S/C20H23N3O2/c1-2-3-4-5-6-13-25-17-10-7-9-16(14-17)15-23-20(24)18-11-8-12-22-19(18)21/h1,7-12,14H,3-6,13,15H2,(H2,21,22)(H,23,24). The highest BCUT2D eigenvalue weighted by atomic mass is 16.5. The lowest BCUT2D eigenvalue weighted by Crippen LogP contribution is -2.24. The summed E-state index contributed by atoms with van der Waals surface area (Å²) in [5.41, 5.74) is 7.05. The molecule has 25 heavy (non-hydrogen) atoms. The normalized spacial score (nSPS) is 10.0. The van der Waals surface area contributed by atoms with Crippen molar-refractivity contribution in [2.45, 2.75) is 32.2 Å². The zero-order valence-corrected chi connectivity index (χ0v) is 14.2. The van der Waals surface area contributed by atoms with Crippen LogP contribution in [0.5, 0.6) is 5.75 Å². The van der Waals surface area contributed by atoms with Gasteiger partial charge in [-0.2, -0.15) is 0 Å². The molecule has 5 nitrogen and oxygen atoms in total. The fourth-order valence-corrected chi connectivity index (χ4v) is 2.33. The number of benzene rings is 1. The van der Waals surface area contributed by atoms with Gasteiger partial charge in [-0.25, -0.2) is 4.98 Å². The molecule has 0 aliphatic heterocycles. The third-order valence-corrected chi connectivity index (χ3v) is 3.67. The number of nitrogen functional groups attached to an aromatic ring is 1. The molecular formula is C20H23N3O2. The number of ether oxygens (including phenoxy) is 1. The summed E-state index contributed by atoms with van der Waals surface area (Å²) in [6.07, 6.45) is 10.7. The first-order valence-corrected chi connectivity index (χ1v) is 8.34. The Morgan fingerprint density at radius 1 is 1.24 bits per heavy atom. The van der Waals surface area contributed by atoms with Crippen molar-refractivity contribution in [1.29, 1.82) is 0 Å². The van der Waals surface area contributed by atoms with Crippen molar-refractivity contribution in [1.82, 2.24) is 10.3 Å². The second-order valence-corrected chi connectivity index (χ2v) is 5.63. The number of hydrogen-bond donors (Lipinski definition) is 2. The van der Waals surface area contributed by atoms with E-state index in [0.717, 1.165) is 37.0 Å². The number of anilines is 1. The van der Waals surface area contributed by atoms with Gasteiger partial charge in [0.2, 0.25) is 0 Å². The summed E-state index contributed by atoms with van der Waals surface area (Å²) in [7, 11) is 0. The Kier molecular flexibility index (Phi) is 7.33. The summed E-state index contributed by atoms with van der Waals surface area (Å²) >= 11 is 0. The molecule has 130 valence electrons. The van der Waals surface area contributed by atoms with Crippen LogP contribution in [0.3, 0.4) is 0 Å². The predicted molar refractivity (Wildman–Crippen MR) is 99.1 cm³/mol. The number of rotatable bonds is 9. The minimum absolute atomic E-state index is 0.224. The van der Waals surface area contributed by atoms with Gasteiger partial charge in [-0.1, -0.05) is 12.1 Å². The number of pyridine rings is 1. The van der Waals surface area contributed by atoms with Crippen LogP contribution < -0.4 is 15.8 Å². The first kappa shape index (κ1) is 18.3. The van der Waals surface area contributed by atoms with Gasteiger partial charge in [0.05, 0.1) is 12.2 Å². The minimum Gasteiger partial charge on any atom is -0.494 e. The molecule has 0 bridgehead atoms. The molecule has 0 spiro atoms. The number of carbonyl (C=O) groups excluding carboxylic acids is 1. The quantitative estimate of drug-likeness (QED) is 0.544. The van der Waals surface area contributed by atoms with Crippen molar-refractivity contribution in [2.75, 3.05) is 12.3 Å². The molecule has 0 saturated heterocycles. The van der Waals surface area contributed by atoms with Crippen LogP contribution in [0.25, 0.3) is 0 Å². The second kappa shape index (κ2) is 9.99. The van der Waals surface area contributed by atoms with Gasteiger partial charge in [0.15, 0.2) is 0 Å². The van der Waals surface area contributed by atoms with Crippen LogP contribution in [0.1, 0.15) is 41.6 Å². The first-order chi connectivity index (χ1) is 12.2. The summed E-state index contributed by atoms with van der Waals surface area (Å²) in [4.78, 5) is 16.1. The molecule has 5 heteroatoms. The number of unbranched alkanes of at least 4 members (excludes halogenated alkanes) is 3. The molecule has 2 aromatic rings. The van der Waals surface area contributed by atoms with E-state index >= 15 is 0 Å². The van der Waals surface area contributed by atoms with Crippen molar-refractivity contribution >= 4 is 11.7 Å². The van der Waals surface area contributed by atoms with Gasteiger partial charge >= 0.3 is 0 Å². The van der Waals surface area contributed by atoms with Crippen LogP contribution in [0.4, 0.5) is 5.82 Å². The molecule has 0 aliphatic carbocycles. The molecule has 1 aromatic carbocycles. The summed E-state index contributed by atoms with van der Waals surface area (Å²) in [5.74, 6) is 3.41. The average molecular weight is 337 g/mol. The molecule has 1 heterocycles. The maximum Gasteiger partial charge on any atom is 0.255 e. The van der Waals surface area contributed by atoms with Crippen LogP contribution in [-0.4, -0.2) is 17.5 Å². The number of aromatic nitrogens is 1. The molecule has 1 aromatic heterocycles. The molecular weight excluding hydrogens is 314 g/mol. The summed E-state index contributed by atoms with van der Waals surface area (Å²) in [5, 5.41) is 2.84. The number of nitrogens with one attached hydrogen (secondary N) is 1. The minimum atomic E-state index is -0.245. The molecule has 0 unspecified atom stereocenters. The molecule has 0 saturated carbocycles. The molecule has 0 aliphatic rings. The Morgan fingerprint density at radius 3 is 2.92 bits per heavy atom. The largest absolute Gasteiger partial charge is 0.494 e. The third-order valence-electron chi connectivity index (χ3n) is 3.67. The lowest BCUT2D eigenvalue weighted by Gasteiger charge is -2.09. The van der Waals surface area contributed by atoms with E-state index in [-0.39, 0.29) is 11.7 Å². The van der Waals surface area contributed by atoms with Gasteiger partial charge in [0.25, 0.3) is 5.91 Å². The Hall–Kier alpha value is -3.00. The van der Waals surface area contributed by atoms with Crippen molar-refractivity contribution in [3.63, 3.8) is 0 Å². The van der Waals surface area contributed by atoms with Gasteiger partial charge in [-0.3, -0.25) is 4.79 Å². The molecule has 2 rings (SSSR count). The van der Waals surface area contributed by atoms with E-state index < -0.39 is 0 Å². The number of carbonyl (C=O) groups is 1. The van der Waals surface area contributed by atoms with Crippen molar-refractivity contribution < 1.29 is 9.53 Å². The SMILES string of the molecule is C#CCCCCCOc1cccc(CNC(=O)c2cccnc2N)c1. The number of nitrogens with zero attached hydrogens (tertiary/aromatic N) is 1. The van der Waals surface area contributed by atoms with Gasteiger partial charge in [0, 0.05) is 19.2 Å². The van der Waals surface area contributed by atoms with Crippen LogP contribution in [0.2, 0.25) is 0 Å². The topological polar surface area (TPSA) is 77.2 Å². The van der Waals surface area contributed by atoms with E-state index in [1.54, 1.807) is 18.3 Å². The van der Waals surface area contributed by atoms with E-state index in [2.05, 4.69) is 16.2 Å². The summed E-state index contributed by atoms with van der Waals surface area (Å²) < 4.78 is 5.74. The predicted octanol–water partition coefficient (Wildman–Crippen LogP) is 3.17. The summed E-state index contributed by atoms with van der Waals surface area (Å²) in [6.45, 7) is 1.05. The number of hydrogen-bond acceptors (Lipinski definition) is 4. The van der Waals surface area contributed by atoms with E-state index in [1.807, 2.05) is 24.3 Å². The van der Waals surface area contributed by atoms with Gasteiger partial charge < -0.3 is 15.8 Å². The van der Waals surface area contributed by atoms with Crippen LogP contribution in [0.15, 0.2) is 42.6 Å². The number of amides is 1. The highest BCUT2D eigenvalue weighted by Gasteiger charge is 2.09. The number of nitrogens with two attached hydrogens (primary N) is 1. The summed E-state index contributed by atoms with van der Waals surface area (Å²) in [6, 6.07) is 11.0. The fourth-order valence-electron chi connectivity index (χ4n) is 2.33. The zero-order chi connectivity index (χ0) is 17.9. The van der Waals surface area contributed by atoms with E-state index in [9.17, 15) is 4.79 Å². The second-order valence-electron chi connectivity index (χ2n) is 5.63. The van der Waals surface area contributed by atoms with E-state index in [1.165, 1.54) is 0 Å². The van der Waals surface area contributed by atoms with Crippen LogP contribution >= 0.6 is 0 Å². The monoisotopic (exact) mass is 337 g/mol. The van der Waals surface area contributed by atoms with Gasteiger partial charge in [-0.05, 0) is 49.1 Å². The van der Waals surface area contributed by atoms with Crippen molar-refractivity contribution in [2.24, 2.45) is 0 Å².